The molecule has 2 unspecified atom stereocenters. The molecule has 1 aromatic heterocycles. The number of hydrogen-bond acceptors (Lipinski definition) is 6. The van der Waals surface area contributed by atoms with Gasteiger partial charge >= 0.3 is 6.09 Å². The van der Waals surface area contributed by atoms with Crippen LogP contribution in [0.25, 0.3) is 0 Å². The van der Waals surface area contributed by atoms with Crippen LogP contribution in [0.1, 0.15) is 33.4 Å². The molecule has 2 rings (SSSR count). The Balaban J connectivity index is 2.26. The molecule has 8 heteroatoms. The molecule has 2 heterocycles. The lowest BCUT2D eigenvalue weighted by atomic mass is 9.85. The first kappa shape index (κ1) is 19.1. The van der Waals surface area contributed by atoms with E-state index in [0.29, 0.717) is 11.4 Å². The lowest BCUT2D eigenvalue weighted by molar-refractivity contribution is -0.114. The molecular weight excluding hydrogens is 324 g/mol. The van der Waals surface area contributed by atoms with Crippen molar-refractivity contribution in [3.05, 3.63) is 24.0 Å². The Kier molecular flexibility index (Phi) is 5.34. The molecule has 138 valence electrons. The first-order chi connectivity index (χ1) is 11.5. The van der Waals surface area contributed by atoms with Crippen molar-refractivity contribution >= 4 is 17.7 Å². The highest BCUT2D eigenvalue weighted by molar-refractivity contribution is 5.88. The molecule has 25 heavy (non-hydrogen) atoms. The maximum atomic E-state index is 12.3. The van der Waals surface area contributed by atoms with Crippen LogP contribution in [0.4, 0.5) is 10.5 Å². The molecule has 0 saturated carbocycles. The summed E-state index contributed by atoms with van der Waals surface area (Å²) >= 11 is 0. The summed E-state index contributed by atoms with van der Waals surface area (Å²) in [5, 5.41) is 12.4. The van der Waals surface area contributed by atoms with Crippen LogP contribution in [0.2, 0.25) is 0 Å². The second kappa shape index (κ2) is 6.97. The van der Waals surface area contributed by atoms with Crippen molar-refractivity contribution in [3.8, 4) is 0 Å². The van der Waals surface area contributed by atoms with E-state index >= 15 is 0 Å². The minimum Gasteiger partial charge on any atom is -0.444 e. The normalized spacial score (nSPS) is 23.4. The molecule has 2 amide bonds. The van der Waals surface area contributed by atoms with Crippen LogP contribution < -0.4 is 11.1 Å². The number of rotatable bonds is 3. The van der Waals surface area contributed by atoms with Crippen LogP contribution in [0.3, 0.4) is 0 Å². The second-order valence-electron chi connectivity index (χ2n) is 7.39. The van der Waals surface area contributed by atoms with E-state index in [0.717, 1.165) is 0 Å². The quantitative estimate of drug-likeness (QED) is 0.750. The summed E-state index contributed by atoms with van der Waals surface area (Å²) in [6, 6.07) is 3.32. The van der Waals surface area contributed by atoms with Gasteiger partial charge in [-0.15, -0.1) is 0 Å². The average molecular weight is 350 g/mol. The molecular formula is C17H26N4O4. The van der Waals surface area contributed by atoms with E-state index in [9.17, 15) is 14.7 Å². The van der Waals surface area contributed by atoms with Crippen molar-refractivity contribution in [2.75, 3.05) is 25.0 Å². The molecule has 8 nitrogen and oxygen atoms in total. The number of aromatic nitrogens is 1. The van der Waals surface area contributed by atoms with E-state index in [2.05, 4.69) is 10.3 Å². The van der Waals surface area contributed by atoms with Gasteiger partial charge in [-0.1, -0.05) is 0 Å². The van der Waals surface area contributed by atoms with Crippen molar-refractivity contribution in [2.45, 2.75) is 38.8 Å². The van der Waals surface area contributed by atoms with Gasteiger partial charge in [0.25, 0.3) is 0 Å². The zero-order chi connectivity index (χ0) is 18.8. The van der Waals surface area contributed by atoms with Crippen LogP contribution in [0.5, 0.6) is 0 Å². The second-order valence-corrected chi connectivity index (χ2v) is 7.39. The molecule has 2 atom stereocenters. The highest BCUT2D eigenvalue weighted by Crippen LogP contribution is 2.35. The third-order valence-corrected chi connectivity index (χ3v) is 4.05. The summed E-state index contributed by atoms with van der Waals surface area (Å²) in [7, 11) is 0. The number of nitrogens with two attached hydrogens (primary N) is 1. The van der Waals surface area contributed by atoms with Gasteiger partial charge < -0.3 is 25.8 Å². The number of anilines is 1. The number of amides is 2. The van der Waals surface area contributed by atoms with Gasteiger partial charge in [-0.3, -0.25) is 9.78 Å². The number of aliphatic hydroxyl groups is 1. The predicted molar refractivity (Wildman–Crippen MR) is 92.8 cm³/mol. The Hall–Kier alpha value is -2.19. The van der Waals surface area contributed by atoms with Gasteiger partial charge in [-0.05, 0) is 32.9 Å². The van der Waals surface area contributed by atoms with Crippen LogP contribution in [0, 0.1) is 5.92 Å². The fraction of sp³-hybridized carbons (Fsp3) is 0.588. The summed E-state index contributed by atoms with van der Waals surface area (Å²) in [6.07, 6.45) is 1.07. The lowest BCUT2D eigenvalue weighted by Crippen LogP contribution is -2.47. The van der Waals surface area contributed by atoms with Crippen LogP contribution in [-0.4, -0.2) is 52.3 Å². The van der Waals surface area contributed by atoms with Crippen molar-refractivity contribution in [1.82, 2.24) is 9.88 Å². The SMILES string of the molecule is CC(=O)Nc1ccnc(C2(N)CN(C(=O)OC(C)(C)C)CC2CO)c1. The molecule has 1 aliphatic rings. The first-order valence-electron chi connectivity index (χ1n) is 8.17. The monoisotopic (exact) mass is 350 g/mol. The molecule has 1 aromatic rings. The van der Waals surface area contributed by atoms with Gasteiger partial charge in [0.2, 0.25) is 5.91 Å². The highest BCUT2D eigenvalue weighted by atomic mass is 16.6. The molecule has 0 radical (unpaired) electrons. The number of carbonyl (C=O) groups excluding carboxylic acids is 2. The first-order valence-corrected chi connectivity index (χ1v) is 8.17. The number of hydrogen-bond donors (Lipinski definition) is 3. The third kappa shape index (κ3) is 4.46. The van der Waals surface area contributed by atoms with E-state index in [-0.39, 0.29) is 31.5 Å². The van der Waals surface area contributed by atoms with Crippen molar-refractivity contribution in [1.29, 1.82) is 0 Å². The zero-order valence-electron chi connectivity index (χ0n) is 15.1. The molecule has 0 bridgehead atoms. The van der Waals surface area contributed by atoms with Gasteiger partial charge in [-0.2, -0.15) is 0 Å². The van der Waals surface area contributed by atoms with E-state index < -0.39 is 17.2 Å². The smallest absolute Gasteiger partial charge is 0.410 e. The van der Waals surface area contributed by atoms with Gasteiger partial charge in [0.1, 0.15) is 5.60 Å². The fourth-order valence-electron chi connectivity index (χ4n) is 2.88. The number of pyridine rings is 1. The topological polar surface area (TPSA) is 118 Å². The number of carbonyl (C=O) groups is 2. The molecule has 4 N–H and O–H groups in total. The number of aliphatic hydroxyl groups excluding tert-OH is 1. The Morgan fingerprint density at radius 3 is 2.76 bits per heavy atom. The maximum absolute atomic E-state index is 12.3. The summed E-state index contributed by atoms with van der Waals surface area (Å²) in [4.78, 5) is 29.4. The highest BCUT2D eigenvalue weighted by Gasteiger charge is 2.48. The van der Waals surface area contributed by atoms with E-state index in [1.807, 2.05) is 0 Å². The number of nitrogens with one attached hydrogen (secondary N) is 1. The van der Waals surface area contributed by atoms with E-state index in [4.69, 9.17) is 10.5 Å². The Morgan fingerprint density at radius 1 is 1.52 bits per heavy atom. The number of likely N-dealkylation sites (tertiary alicyclic amines) is 1. The Morgan fingerprint density at radius 2 is 2.20 bits per heavy atom. The van der Waals surface area contributed by atoms with Crippen LogP contribution >= 0.6 is 0 Å². The summed E-state index contributed by atoms with van der Waals surface area (Å²) in [6.45, 7) is 7.03. The Bertz CT molecular complexity index is 658. The molecule has 0 aliphatic carbocycles. The number of ether oxygens (including phenoxy) is 1. The van der Waals surface area contributed by atoms with Gasteiger partial charge in [-0.25, -0.2) is 4.79 Å². The fourth-order valence-corrected chi connectivity index (χ4v) is 2.88. The molecule has 0 aromatic carbocycles. The standard InChI is InChI=1S/C17H26N4O4/c1-11(23)20-13-5-6-19-14(7-13)17(18)10-21(8-12(17)9-22)15(24)25-16(2,3)4/h5-7,12,22H,8-10,18H2,1-4H3,(H,19,20,23). The van der Waals surface area contributed by atoms with Gasteiger partial charge in [0.15, 0.2) is 0 Å². The van der Waals surface area contributed by atoms with Gasteiger partial charge in [0.05, 0.1) is 11.2 Å². The molecule has 1 saturated heterocycles. The van der Waals surface area contributed by atoms with Gasteiger partial charge in [0, 0.05) is 44.4 Å². The average Bonchev–Trinajstić information content (AvgIpc) is 2.84. The predicted octanol–water partition coefficient (Wildman–Crippen LogP) is 1.05. The van der Waals surface area contributed by atoms with Crippen LogP contribution in [-0.2, 0) is 15.1 Å². The molecule has 1 aliphatic heterocycles. The zero-order valence-corrected chi connectivity index (χ0v) is 15.1. The maximum Gasteiger partial charge on any atom is 0.410 e. The largest absolute Gasteiger partial charge is 0.444 e. The van der Waals surface area contributed by atoms with E-state index in [1.54, 1.807) is 39.1 Å². The summed E-state index contributed by atoms with van der Waals surface area (Å²) in [5.74, 6) is -0.594. The summed E-state index contributed by atoms with van der Waals surface area (Å²) in [5.41, 5.74) is 5.97. The molecule has 1 fully saturated rings. The molecule has 0 spiro atoms. The van der Waals surface area contributed by atoms with Crippen molar-refractivity contribution in [3.63, 3.8) is 0 Å². The van der Waals surface area contributed by atoms with Crippen molar-refractivity contribution < 1.29 is 19.4 Å². The lowest BCUT2D eigenvalue weighted by Gasteiger charge is -2.29. The van der Waals surface area contributed by atoms with E-state index in [1.165, 1.54) is 11.8 Å². The summed E-state index contributed by atoms with van der Waals surface area (Å²) < 4.78 is 5.39. The minimum atomic E-state index is -1.03. The Labute approximate surface area is 147 Å². The minimum absolute atomic E-state index is 0.170. The van der Waals surface area contributed by atoms with Crippen molar-refractivity contribution in [2.24, 2.45) is 11.7 Å². The third-order valence-electron chi connectivity index (χ3n) is 4.05. The number of nitrogens with zero attached hydrogens (tertiary/aromatic N) is 2. The van der Waals surface area contributed by atoms with Crippen LogP contribution in [0.15, 0.2) is 18.3 Å².